The number of hydrogen-bond donors (Lipinski definition) is 1. The highest BCUT2D eigenvalue weighted by Crippen LogP contribution is 2.25. The van der Waals surface area contributed by atoms with Gasteiger partial charge in [-0.3, -0.25) is 10.1 Å². The molecule has 2 rings (SSSR count). The summed E-state index contributed by atoms with van der Waals surface area (Å²) < 4.78 is 9.87. The Balaban J connectivity index is 2.20. The number of rotatable bonds is 4. The van der Waals surface area contributed by atoms with Crippen LogP contribution in [-0.2, 0) is 4.74 Å². The molecule has 22 heavy (non-hydrogen) atoms. The number of nitrogens with zero attached hydrogens (tertiary/aromatic N) is 1. The summed E-state index contributed by atoms with van der Waals surface area (Å²) in [7, 11) is 2.86. The van der Waals surface area contributed by atoms with Gasteiger partial charge in [0.1, 0.15) is 10.6 Å². The molecule has 0 spiro atoms. The third-order valence-electron chi connectivity index (χ3n) is 3.06. The number of benzene rings is 1. The van der Waals surface area contributed by atoms with Crippen molar-refractivity contribution in [2.45, 2.75) is 13.8 Å². The van der Waals surface area contributed by atoms with Gasteiger partial charge in [0.25, 0.3) is 5.91 Å². The molecule has 1 aromatic carbocycles. The number of aromatic nitrogens is 1. The van der Waals surface area contributed by atoms with Crippen LogP contribution in [0.5, 0.6) is 5.75 Å². The van der Waals surface area contributed by atoms with Gasteiger partial charge in [0.05, 0.1) is 19.9 Å². The van der Waals surface area contributed by atoms with Gasteiger partial charge in [0.15, 0.2) is 5.13 Å². The number of aryl methyl sites for hydroxylation is 2. The molecule has 2 aromatic rings. The van der Waals surface area contributed by atoms with Gasteiger partial charge in [-0.15, -0.1) is 0 Å². The molecular formula is C15H16N2O4S. The van der Waals surface area contributed by atoms with E-state index in [1.165, 1.54) is 7.11 Å². The van der Waals surface area contributed by atoms with Crippen LogP contribution in [-0.4, -0.2) is 31.1 Å². The molecule has 0 radical (unpaired) electrons. The van der Waals surface area contributed by atoms with E-state index in [1.54, 1.807) is 32.2 Å². The number of amides is 1. The van der Waals surface area contributed by atoms with Crippen molar-refractivity contribution in [1.82, 2.24) is 4.98 Å². The van der Waals surface area contributed by atoms with Crippen LogP contribution in [0.15, 0.2) is 18.2 Å². The van der Waals surface area contributed by atoms with Crippen LogP contribution in [0.4, 0.5) is 5.13 Å². The maximum absolute atomic E-state index is 12.2. The Morgan fingerprint density at radius 3 is 2.59 bits per heavy atom. The predicted molar refractivity (Wildman–Crippen MR) is 83.9 cm³/mol. The Bertz CT molecular complexity index is 724. The molecule has 0 aliphatic carbocycles. The summed E-state index contributed by atoms with van der Waals surface area (Å²) in [6.07, 6.45) is 0. The highest BCUT2D eigenvalue weighted by Gasteiger charge is 2.17. The van der Waals surface area contributed by atoms with Crippen molar-refractivity contribution in [3.63, 3.8) is 0 Å². The molecule has 6 nitrogen and oxygen atoms in total. The van der Waals surface area contributed by atoms with E-state index in [9.17, 15) is 9.59 Å². The minimum atomic E-state index is -0.465. The van der Waals surface area contributed by atoms with Crippen molar-refractivity contribution < 1.29 is 19.1 Å². The van der Waals surface area contributed by atoms with Crippen LogP contribution in [0.3, 0.4) is 0 Å². The molecule has 0 aliphatic rings. The molecule has 0 aliphatic heterocycles. The second-order valence-electron chi connectivity index (χ2n) is 4.56. The van der Waals surface area contributed by atoms with Crippen LogP contribution in [0.25, 0.3) is 0 Å². The average Bonchev–Trinajstić information content (AvgIpc) is 2.87. The number of hydrogen-bond acceptors (Lipinski definition) is 6. The number of esters is 1. The lowest BCUT2D eigenvalue weighted by molar-refractivity contribution is 0.0605. The molecule has 0 atom stereocenters. The highest BCUT2D eigenvalue weighted by atomic mass is 32.1. The topological polar surface area (TPSA) is 77.5 Å². The number of nitrogens with one attached hydrogen (secondary N) is 1. The zero-order valence-electron chi connectivity index (χ0n) is 12.7. The molecule has 0 saturated heterocycles. The molecule has 116 valence electrons. The predicted octanol–water partition coefficient (Wildman–Crippen LogP) is 2.81. The number of ether oxygens (including phenoxy) is 2. The van der Waals surface area contributed by atoms with Crippen LogP contribution in [0.1, 0.15) is 31.3 Å². The molecule has 7 heteroatoms. The Morgan fingerprint density at radius 1 is 1.23 bits per heavy atom. The molecule has 0 unspecified atom stereocenters. The number of anilines is 1. The first-order valence-electron chi connectivity index (χ1n) is 6.48. The van der Waals surface area contributed by atoms with Crippen LogP contribution in [0.2, 0.25) is 0 Å². The third-order valence-corrected chi connectivity index (χ3v) is 4.11. The lowest BCUT2D eigenvalue weighted by Crippen LogP contribution is -2.12. The van der Waals surface area contributed by atoms with Crippen LogP contribution >= 0.6 is 11.3 Å². The normalized spacial score (nSPS) is 10.2. The Morgan fingerprint density at radius 2 is 1.95 bits per heavy atom. The summed E-state index contributed by atoms with van der Waals surface area (Å²) in [4.78, 5) is 28.3. The SMILES string of the molecule is COC(=O)c1sc(NC(=O)c2ccc(C)c(OC)c2)nc1C. The van der Waals surface area contributed by atoms with E-state index in [4.69, 9.17) is 4.74 Å². The Hall–Kier alpha value is -2.41. The molecule has 1 N–H and O–H groups in total. The summed E-state index contributed by atoms with van der Waals surface area (Å²) in [6.45, 7) is 3.58. The second-order valence-corrected chi connectivity index (χ2v) is 5.56. The van der Waals surface area contributed by atoms with Crippen molar-refractivity contribution >= 4 is 28.3 Å². The number of thiazole rings is 1. The fourth-order valence-electron chi connectivity index (χ4n) is 1.86. The summed E-state index contributed by atoms with van der Waals surface area (Å²) in [5, 5.41) is 3.02. The quantitative estimate of drug-likeness (QED) is 0.877. The number of carbonyl (C=O) groups is 2. The molecule has 0 fully saturated rings. The number of carbonyl (C=O) groups excluding carboxylic acids is 2. The lowest BCUT2D eigenvalue weighted by atomic mass is 10.1. The molecular weight excluding hydrogens is 304 g/mol. The van der Waals surface area contributed by atoms with Gasteiger partial charge in [-0.05, 0) is 31.5 Å². The van der Waals surface area contributed by atoms with Crippen molar-refractivity contribution in [1.29, 1.82) is 0 Å². The monoisotopic (exact) mass is 320 g/mol. The maximum Gasteiger partial charge on any atom is 0.350 e. The van der Waals surface area contributed by atoms with Gasteiger partial charge in [0.2, 0.25) is 0 Å². The van der Waals surface area contributed by atoms with E-state index in [1.807, 2.05) is 6.92 Å². The van der Waals surface area contributed by atoms with Gasteiger partial charge in [-0.25, -0.2) is 9.78 Å². The van der Waals surface area contributed by atoms with E-state index in [-0.39, 0.29) is 5.91 Å². The minimum Gasteiger partial charge on any atom is -0.496 e. The smallest absolute Gasteiger partial charge is 0.350 e. The van der Waals surface area contributed by atoms with Gasteiger partial charge in [-0.1, -0.05) is 17.4 Å². The van der Waals surface area contributed by atoms with Crippen LogP contribution < -0.4 is 10.1 Å². The zero-order valence-corrected chi connectivity index (χ0v) is 13.5. The van der Waals surface area contributed by atoms with E-state index in [0.29, 0.717) is 27.0 Å². The highest BCUT2D eigenvalue weighted by molar-refractivity contribution is 7.17. The first-order valence-corrected chi connectivity index (χ1v) is 7.29. The maximum atomic E-state index is 12.2. The summed E-state index contributed by atoms with van der Waals surface area (Å²) in [5.74, 6) is -0.144. The molecule has 1 amide bonds. The van der Waals surface area contributed by atoms with Gasteiger partial charge in [-0.2, -0.15) is 0 Å². The van der Waals surface area contributed by atoms with Gasteiger partial charge >= 0.3 is 5.97 Å². The summed E-state index contributed by atoms with van der Waals surface area (Å²) >= 11 is 1.08. The largest absolute Gasteiger partial charge is 0.496 e. The zero-order chi connectivity index (χ0) is 16.3. The van der Waals surface area contributed by atoms with Crippen molar-refractivity contribution in [2.75, 3.05) is 19.5 Å². The third kappa shape index (κ3) is 3.25. The molecule has 1 heterocycles. The van der Waals surface area contributed by atoms with Gasteiger partial charge < -0.3 is 9.47 Å². The first kappa shape index (κ1) is 16.0. The lowest BCUT2D eigenvalue weighted by Gasteiger charge is -2.07. The first-order chi connectivity index (χ1) is 10.5. The molecule has 0 bridgehead atoms. The van der Waals surface area contributed by atoms with E-state index < -0.39 is 5.97 Å². The van der Waals surface area contributed by atoms with E-state index in [2.05, 4.69) is 15.0 Å². The minimum absolute atomic E-state index is 0.316. The fourth-order valence-corrected chi connectivity index (χ4v) is 2.74. The average molecular weight is 320 g/mol. The summed E-state index contributed by atoms with van der Waals surface area (Å²) in [6, 6.07) is 5.17. The molecule has 1 aromatic heterocycles. The Kier molecular flexibility index (Phi) is 4.77. The van der Waals surface area contributed by atoms with E-state index >= 15 is 0 Å². The number of methoxy groups -OCH3 is 2. The van der Waals surface area contributed by atoms with Crippen molar-refractivity contribution in [3.8, 4) is 5.75 Å². The second kappa shape index (κ2) is 6.57. The fraction of sp³-hybridized carbons (Fsp3) is 0.267. The van der Waals surface area contributed by atoms with E-state index in [0.717, 1.165) is 16.9 Å². The van der Waals surface area contributed by atoms with Gasteiger partial charge in [0, 0.05) is 5.56 Å². The van der Waals surface area contributed by atoms with Crippen LogP contribution in [0, 0.1) is 13.8 Å². The summed E-state index contributed by atoms with van der Waals surface area (Å²) in [5.41, 5.74) is 1.92. The molecule has 0 saturated carbocycles. The standard InChI is InChI=1S/C15H16N2O4S/c1-8-5-6-10(7-11(8)20-3)13(18)17-15-16-9(2)12(22-15)14(19)21-4/h5-7H,1-4H3,(H,16,17,18). The van der Waals surface area contributed by atoms with Crippen molar-refractivity contribution in [2.24, 2.45) is 0 Å². The van der Waals surface area contributed by atoms with Crippen molar-refractivity contribution in [3.05, 3.63) is 39.9 Å². The Labute approximate surface area is 132 Å².